The predicted octanol–water partition coefficient (Wildman–Crippen LogP) is 1.86. The van der Waals surface area contributed by atoms with Gasteiger partial charge in [-0.15, -0.1) is 10.2 Å². The molecule has 7 nitrogen and oxygen atoms in total. The Bertz CT molecular complexity index is 656. The zero-order valence-corrected chi connectivity index (χ0v) is 12.5. The lowest BCUT2D eigenvalue weighted by molar-refractivity contribution is -0.115. The molecule has 2 rings (SSSR count). The van der Waals surface area contributed by atoms with Crippen LogP contribution < -0.4 is 16.0 Å². The quantitative estimate of drug-likeness (QED) is 0.783. The number of aromatic nitrogens is 2. The number of amides is 2. The smallest absolute Gasteiger partial charge is 0.245 e. The third kappa shape index (κ3) is 4.84. The largest absolute Gasteiger partial charge is 0.376 e. The molecule has 0 radical (unpaired) electrons. The maximum Gasteiger partial charge on any atom is 0.245 e. The molecule has 0 aliphatic heterocycles. The van der Waals surface area contributed by atoms with Gasteiger partial charge in [-0.25, -0.2) is 0 Å². The van der Waals surface area contributed by atoms with Crippen LogP contribution in [0.25, 0.3) is 0 Å². The highest BCUT2D eigenvalue weighted by atomic mass is 32.1. The van der Waals surface area contributed by atoms with Crippen molar-refractivity contribution in [3.63, 3.8) is 0 Å². The van der Waals surface area contributed by atoms with Gasteiger partial charge in [0.15, 0.2) is 0 Å². The van der Waals surface area contributed by atoms with Crippen LogP contribution in [-0.4, -0.2) is 28.6 Å². The van der Waals surface area contributed by atoms with Crippen molar-refractivity contribution in [3.8, 4) is 0 Å². The lowest BCUT2D eigenvalue weighted by atomic mass is 10.2. The van der Waals surface area contributed by atoms with Crippen LogP contribution in [0.5, 0.6) is 0 Å². The molecule has 2 amide bonds. The van der Waals surface area contributed by atoms with Crippen LogP contribution in [0.3, 0.4) is 0 Å². The Kier molecular flexibility index (Phi) is 4.83. The van der Waals surface area contributed by atoms with Crippen molar-refractivity contribution in [2.45, 2.75) is 13.8 Å². The number of aryl methyl sites for hydroxylation is 1. The molecule has 1 heterocycles. The molecule has 0 bridgehead atoms. The number of nitrogens with zero attached hydrogens (tertiary/aromatic N) is 2. The zero-order chi connectivity index (χ0) is 15.2. The van der Waals surface area contributed by atoms with Gasteiger partial charge in [0, 0.05) is 18.3 Å². The second kappa shape index (κ2) is 6.80. The Hall–Kier alpha value is -2.48. The van der Waals surface area contributed by atoms with Crippen molar-refractivity contribution in [1.29, 1.82) is 0 Å². The summed E-state index contributed by atoms with van der Waals surface area (Å²) in [5, 5.41) is 17.2. The van der Waals surface area contributed by atoms with Crippen LogP contribution in [0.2, 0.25) is 0 Å². The maximum absolute atomic E-state index is 11.8. The fourth-order valence-electron chi connectivity index (χ4n) is 1.60. The average molecular weight is 305 g/mol. The lowest BCUT2D eigenvalue weighted by Crippen LogP contribution is -2.21. The van der Waals surface area contributed by atoms with Gasteiger partial charge < -0.3 is 10.6 Å². The molecule has 0 saturated heterocycles. The van der Waals surface area contributed by atoms with E-state index in [0.29, 0.717) is 10.8 Å². The summed E-state index contributed by atoms with van der Waals surface area (Å²) in [5.74, 6) is -0.354. The van der Waals surface area contributed by atoms with Crippen molar-refractivity contribution < 1.29 is 9.59 Å². The highest BCUT2D eigenvalue weighted by molar-refractivity contribution is 7.15. The molecule has 8 heteroatoms. The van der Waals surface area contributed by atoms with Crippen LogP contribution in [0.15, 0.2) is 24.3 Å². The molecule has 0 fully saturated rings. The number of benzene rings is 1. The monoisotopic (exact) mass is 305 g/mol. The number of carbonyl (C=O) groups excluding carboxylic acids is 2. The SMILES string of the molecule is CC(=O)Nc1cccc(NCC(=O)Nc2nnc(C)s2)c1. The van der Waals surface area contributed by atoms with E-state index in [2.05, 4.69) is 26.1 Å². The minimum atomic E-state index is -0.212. The molecule has 3 N–H and O–H groups in total. The van der Waals surface area contributed by atoms with Crippen molar-refractivity contribution in [2.75, 3.05) is 22.5 Å². The van der Waals surface area contributed by atoms with Gasteiger partial charge in [-0.2, -0.15) is 0 Å². The zero-order valence-electron chi connectivity index (χ0n) is 11.6. The first-order valence-electron chi connectivity index (χ1n) is 6.24. The van der Waals surface area contributed by atoms with Gasteiger partial charge in [0.05, 0.1) is 6.54 Å². The van der Waals surface area contributed by atoms with E-state index in [0.717, 1.165) is 10.7 Å². The van der Waals surface area contributed by atoms with Crippen LogP contribution in [0.1, 0.15) is 11.9 Å². The summed E-state index contributed by atoms with van der Waals surface area (Å²) in [5.41, 5.74) is 1.41. The molecule has 2 aromatic rings. The molecule has 21 heavy (non-hydrogen) atoms. The van der Waals surface area contributed by atoms with Crippen LogP contribution in [0, 0.1) is 6.92 Å². The first-order valence-corrected chi connectivity index (χ1v) is 7.06. The predicted molar refractivity (Wildman–Crippen MR) is 82.5 cm³/mol. The Balaban J connectivity index is 1.87. The second-order valence-electron chi connectivity index (χ2n) is 4.29. The number of carbonyl (C=O) groups is 2. The minimum Gasteiger partial charge on any atom is -0.376 e. The number of rotatable bonds is 5. The molecule has 0 unspecified atom stereocenters. The van der Waals surface area contributed by atoms with Crippen molar-refractivity contribution >= 4 is 39.7 Å². The third-order valence-electron chi connectivity index (χ3n) is 2.41. The van der Waals surface area contributed by atoms with Gasteiger partial charge in [0.1, 0.15) is 5.01 Å². The molecular weight excluding hydrogens is 290 g/mol. The summed E-state index contributed by atoms with van der Waals surface area (Å²) in [6, 6.07) is 7.13. The lowest BCUT2D eigenvalue weighted by Gasteiger charge is -2.08. The number of hydrogen-bond donors (Lipinski definition) is 3. The highest BCUT2D eigenvalue weighted by Gasteiger charge is 2.06. The van der Waals surface area contributed by atoms with Crippen molar-refractivity contribution in [1.82, 2.24) is 10.2 Å². The molecule has 0 aliphatic carbocycles. The standard InChI is InChI=1S/C13H15N5O2S/c1-8(19)15-11-5-3-4-10(6-11)14-7-12(20)16-13-18-17-9(2)21-13/h3-6,14H,7H2,1-2H3,(H,15,19)(H,16,18,20). The van der Waals surface area contributed by atoms with Crippen LogP contribution in [-0.2, 0) is 9.59 Å². The topological polar surface area (TPSA) is 96.0 Å². The van der Waals surface area contributed by atoms with E-state index in [1.54, 1.807) is 18.2 Å². The molecule has 1 aromatic carbocycles. The van der Waals surface area contributed by atoms with Gasteiger partial charge in [0.2, 0.25) is 16.9 Å². The van der Waals surface area contributed by atoms with Crippen molar-refractivity contribution in [3.05, 3.63) is 29.3 Å². The van der Waals surface area contributed by atoms with Gasteiger partial charge in [0.25, 0.3) is 0 Å². The highest BCUT2D eigenvalue weighted by Crippen LogP contribution is 2.15. The Morgan fingerprint density at radius 2 is 1.95 bits per heavy atom. The molecule has 1 aromatic heterocycles. The summed E-state index contributed by atoms with van der Waals surface area (Å²) < 4.78 is 0. The van der Waals surface area contributed by atoms with Gasteiger partial charge in [-0.1, -0.05) is 17.4 Å². The number of anilines is 3. The number of hydrogen-bond acceptors (Lipinski definition) is 6. The molecule has 0 aliphatic rings. The molecule has 110 valence electrons. The minimum absolute atomic E-state index is 0.0994. The van der Waals surface area contributed by atoms with Crippen LogP contribution in [0.4, 0.5) is 16.5 Å². The van der Waals surface area contributed by atoms with E-state index in [4.69, 9.17) is 0 Å². The van der Waals surface area contributed by atoms with Crippen LogP contribution >= 0.6 is 11.3 Å². The van der Waals surface area contributed by atoms with Gasteiger partial charge in [-0.05, 0) is 25.1 Å². The molecule has 0 saturated carbocycles. The summed E-state index contributed by atoms with van der Waals surface area (Å²) in [6.45, 7) is 3.36. The average Bonchev–Trinajstić information content (AvgIpc) is 2.81. The van der Waals surface area contributed by atoms with E-state index in [1.807, 2.05) is 13.0 Å². The van der Waals surface area contributed by atoms with Gasteiger partial charge >= 0.3 is 0 Å². The third-order valence-corrected chi connectivity index (χ3v) is 3.16. The van der Waals surface area contributed by atoms with Crippen molar-refractivity contribution in [2.24, 2.45) is 0 Å². The summed E-state index contributed by atoms with van der Waals surface area (Å²) in [7, 11) is 0. The normalized spacial score (nSPS) is 10.0. The Labute approximate surface area is 125 Å². The van der Waals surface area contributed by atoms with E-state index in [1.165, 1.54) is 18.3 Å². The first kappa shape index (κ1) is 14.9. The maximum atomic E-state index is 11.8. The number of nitrogens with one attached hydrogen (secondary N) is 3. The van der Waals surface area contributed by atoms with E-state index >= 15 is 0 Å². The molecule has 0 atom stereocenters. The Morgan fingerprint density at radius 1 is 1.19 bits per heavy atom. The second-order valence-corrected chi connectivity index (χ2v) is 5.47. The molecular formula is C13H15N5O2S. The first-order chi connectivity index (χ1) is 10.0. The summed E-state index contributed by atoms with van der Waals surface area (Å²) in [4.78, 5) is 22.7. The summed E-state index contributed by atoms with van der Waals surface area (Å²) >= 11 is 1.32. The van der Waals surface area contributed by atoms with E-state index in [-0.39, 0.29) is 18.4 Å². The van der Waals surface area contributed by atoms with Gasteiger partial charge in [-0.3, -0.25) is 14.9 Å². The Morgan fingerprint density at radius 3 is 2.62 bits per heavy atom. The van der Waals surface area contributed by atoms with E-state index < -0.39 is 0 Å². The fraction of sp³-hybridized carbons (Fsp3) is 0.231. The summed E-state index contributed by atoms with van der Waals surface area (Å²) in [6.07, 6.45) is 0. The molecule has 0 spiro atoms. The van der Waals surface area contributed by atoms with E-state index in [9.17, 15) is 9.59 Å². The fourth-order valence-corrected chi connectivity index (χ4v) is 2.21.